The van der Waals surface area contributed by atoms with Gasteiger partial charge in [0.05, 0.1) is 6.42 Å². The highest BCUT2D eigenvalue weighted by molar-refractivity contribution is 7.71. The van der Waals surface area contributed by atoms with Gasteiger partial charge in [0.15, 0.2) is 0 Å². The Bertz CT molecular complexity index is 1150. The second kappa shape index (κ2) is 12.9. The lowest BCUT2D eigenvalue weighted by molar-refractivity contribution is -0.148. The summed E-state index contributed by atoms with van der Waals surface area (Å²) in [5.74, 6) is -1.31. The Hall–Kier alpha value is -3.98. The van der Waals surface area contributed by atoms with E-state index in [0.717, 1.165) is 15.9 Å². The first-order valence-corrected chi connectivity index (χ1v) is 11.0. The van der Waals surface area contributed by atoms with E-state index in [1.807, 2.05) is 60.7 Å². The lowest BCUT2D eigenvalue weighted by Gasteiger charge is -2.17. The van der Waals surface area contributed by atoms with E-state index in [9.17, 15) is 14.4 Å². The molecule has 0 aliphatic heterocycles. The average molecular weight is 481 g/mol. The van der Waals surface area contributed by atoms with Gasteiger partial charge in [-0.1, -0.05) is 78.9 Å². The molecular weight excluding hydrogens is 456 g/mol. The Morgan fingerprint density at radius 1 is 0.824 bits per heavy atom. The highest BCUT2D eigenvalue weighted by Crippen LogP contribution is 2.07. The molecule has 3 aromatic rings. The summed E-state index contributed by atoms with van der Waals surface area (Å²) >= 11 is 5.09. The number of rotatable bonds is 10. The molecule has 9 heteroatoms. The van der Waals surface area contributed by atoms with Crippen LogP contribution in [-0.2, 0) is 32.3 Å². The molecule has 34 heavy (non-hydrogen) atoms. The van der Waals surface area contributed by atoms with Crippen molar-refractivity contribution < 1.29 is 28.7 Å². The minimum atomic E-state index is -1.11. The molecule has 0 bridgehead atoms. The van der Waals surface area contributed by atoms with Crippen LogP contribution in [0.4, 0.5) is 4.79 Å². The predicted octanol–water partition coefficient (Wildman–Crippen LogP) is 3.99. The number of alkyl carbamates (subject to hydrolysis) is 1. The lowest BCUT2D eigenvalue weighted by atomic mass is 10.1. The second-order valence-corrected chi connectivity index (χ2v) is 7.64. The number of carbonyl (C=O) groups excluding carboxylic acids is 3. The van der Waals surface area contributed by atoms with Crippen LogP contribution >= 0.6 is 12.2 Å². The molecule has 0 spiro atoms. The largest absolute Gasteiger partial charge is 0.459 e. The number of esters is 1. The molecule has 1 aromatic heterocycles. The number of ether oxygens (including phenoxy) is 2. The molecular formula is C25H24N2O6S. The average Bonchev–Trinajstić information content (AvgIpc) is 2.86. The summed E-state index contributed by atoms with van der Waals surface area (Å²) < 4.78 is 12.0. The minimum absolute atomic E-state index is 0.0283. The first-order valence-electron chi connectivity index (χ1n) is 10.6. The van der Waals surface area contributed by atoms with Crippen molar-refractivity contribution in [2.75, 3.05) is 0 Å². The Morgan fingerprint density at radius 3 is 2.03 bits per heavy atom. The van der Waals surface area contributed by atoms with E-state index in [0.29, 0.717) is 4.64 Å². The van der Waals surface area contributed by atoms with Crippen molar-refractivity contribution in [1.82, 2.24) is 10.0 Å². The van der Waals surface area contributed by atoms with E-state index >= 15 is 0 Å². The fourth-order valence-electron chi connectivity index (χ4n) is 2.89. The van der Waals surface area contributed by atoms with Crippen LogP contribution in [0.1, 0.15) is 24.0 Å². The number of hydrogen-bond donors (Lipinski definition) is 1. The van der Waals surface area contributed by atoms with Crippen molar-refractivity contribution in [3.63, 3.8) is 0 Å². The zero-order valence-corrected chi connectivity index (χ0v) is 19.1. The molecule has 3 rings (SSSR count). The zero-order chi connectivity index (χ0) is 24.2. The molecule has 8 nitrogen and oxygen atoms in total. The summed E-state index contributed by atoms with van der Waals surface area (Å²) in [5.41, 5.74) is 1.59. The molecule has 0 radical (unpaired) electrons. The van der Waals surface area contributed by atoms with Crippen molar-refractivity contribution in [3.05, 3.63) is 101 Å². The third-order valence-electron chi connectivity index (χ3n) is 4.64. The molecule has 1 heterocycles. The van der Waals surface area contributed by atoms with Crippen molar-refractivity contribution in [3.8, 4) is 0 Å². The number of aromatic nitrogens is 1. The Kier molecular flexibility index (Phi) is 9.36. The fourth-order valence-corrected chi connectivity index (χ4v) is 3.07. The number of amides is 1. The summed E-state index contributed by atoms with van der Waals surface area (Å²) in [6.45, 7) is 0.0628. The van der Waals surface area contributed by atoms with E-state index in [4.69, 9.17) is 26.5 Å². The van der Waals surface area contributed by atoms with Gasteiger partial charge in [0.1, 0.15) is 23.9 Å². The van der Waals surface area contributed by atoms with Crippen LogP contribution in [0.3, 0.4) is 0 Å². The summed E-state index contributed by atoms with van der Waals surface area (Å²) in [5, 5.41) is 2.48. The Labute approximate surface area is 202 Å². The van der Waals surface area contributed by atoms with E-state index in [1.54, 1.807) is 18.2 Å². The van der Waals surface area contributed by atoms with E-state index in [2.05, 4.69) is 5.32 Å². The molecule has 0 aliphatic rings. The van der Waals surface area contributed by atoms with Crippen molar-refractivity contribution >= 4 is 30.2 Å². The van der Waals surface area contributed by atoms with Gasteiger partial charge in [0, 0.05) is 6.20 Å². The quantitative estimate of drug-likeness (QED) is 0.346. The number of hydrogen-bond acceptors (Lipinski definition) is 7. The SMILES string of the molecule is O=C(CCC(NC(=O)OCc1ccccc1)C(=O)OCc1ccccc1)On1ccccc1=S. The third-order valence-corrected chi connectivity index (χ3v) is 4.96. The van der Waals surface area contributed by atoms with Gasteiger partial charge >= 0.3 is 18.0 Å². The van der Waals surface area contributed by atoms with Gasteiger partial charge in [-0.2, -0.15) is 4.73 Å². The van der Waals surface area contributed by atoms with Gasteiger partial charge < -0.3 is 19.6 Å². The highest BCUT2D eigenvalue weighted by Gasteiger charge is 2.25. The topological polar surface area (TPSA) is 95.9 Å². The maximum atomic E-state index is 12.7. The maximum Gasteiger partial charge on any atom is 0.408 e. The highest BCUT2D eigenvalue weighted by atomic mass is 32.1. The van der Waals surface area contributed by atoms with Crippen molar-refractivity contribution in [2.45, 2.75) is 32.1 Å². The van der Waals surface area contributed by atoms with Crippen molar-refractivity contribution in [1.29, 1.82) is 0 Å². The minimum Gasteiger partial charge on any atom is -0.459 e. The van der Waals surface area contributed by atoms with Gasteiger partial charge in [-0.3, -0.25) is 0 Å². The zero-order valence-electron chi connectivity index (χ0n) is 18.3. The van der Waals surface area contributed by atoms with Crippen LogP contribution in [-0.4, -0.2) is 28.8 Å². The van der Waals surface area contributed by atoms with Gasteiger partial charge in [0.25, 0.3) is 0 Å². The smallest absolute Gasteiger partial charge is 0.408 e. The Balaban J connectivity index is 1.58. The van der Waals surface area contributed by atoms with Gasteiger partial charge in [-0.05, 0) is 29.7 Å². The molecule has 176 valence electrons. The summed E-state index contributed by atoms with van der Waals surface area (Å²) in [7, 11) is 0. The molecule has 0 aliphatic carbocycles. The molecule has 1 atom stereocenters. The number of carbonyl (C=O) groups is 3. The van der Waals surface area contributed by atoms with E-state index < -0.39 is 24.1 Å². The van der Waals surface area contributed by atoms with Crippen LogP contribution in [0.15, 0.2) is 85.1 Å². The van der Waals surface area contributed by atoms with Crippen LogP contribution in [0.2, 0.25) is 0 Å². The fraction of sp³-hybridized carbons (Fsp3) is 0.200. The van der Waals surface area contributed by atoms with Crippen LogP contribution in [0.5, 0.6) is 0 Å². The number of nitrogens with zero attached hydrogens (tertiary/aromatic N) is 1. The van der Waals surface area contributed by atoms with Gasteiger partial charge in [-0.15, -0.1) is 0 Å². The monoisotopic (exact) mass is 480 g/mol. The first kappa shape index (κ1) is 24.7. The molecule has 2 aromatic carbocycles. The van der Waals surface area contributed by atoms with Crippen LogP contribution in [0, 0.1) is 4.64 Å². The first-order chi connectivity index (χ1) is 16.5. The predicted molar refractivity (Wildman–Crippen MR) is 126 cm³/mol. The van der Waals surface area contributed by atoms with E-state index in [1.165, 1.54) is 6.20 Å². The van der Waals surface area contributed by atoms with Gasteiger partial charge in [-0.25, -0.2) is 14.4 Å². The molecule has 1 amide bonds. The number of nitrogens with one attached hydrogen (secondary N) is 1. The molecule has 0 saturated carbocycles. The normalized spacial score (nSPS) is 11.2. The molecule has 0 fully saturated rings. The summed E-state index contributed by atoms with van der Waals surface area (Å²) in [6.07, 6.45) is 0.489. The number of pyridine rings is 1. The molecule has 1 unspecified atom stereocenters. The maximum absolute atomic E-state index is 12.7. The van der Waals surface area contributed by atoms with Crippen LogP contribution < -0.4 is 10.2 Å². The third kappa shape index (κ3) is 8.18. The molecule has 0 saturated heterocycles. The summed E-state index contributed by atoms with van der Waals surface area (Å²) in [4.78, 5) is 42.5. The van der Waals surface area contributed by atoms with Crippen molar-refractivity contribution in [2.24, 2.45) is 0 Å². The van der Waals surface area contributed by atoms with Crippen LogP contribution in [0.25, 0.3) is 0 Å². The lowest BCUT2D eigenvalue weighted by Crippen LogP contribution is -2.42. The summed E-state index contributed by atoms with van der Waals surface area (Å²) in [6, 6.07) is 22.1. The molecule has 1 N–H and O–H groups in total. The van der Waals surface area contributed by atoms with Gasteiger partial charge in [0.2, 0.25) is 0 Å². The Morgan fingerprint density at radius 2 is 1.41 bits per heavy atom. The second-order valence-electron chi connectivity index (χ2n) is 7.22. The standard InChI is InChI=1S/C25H24N2O6S/c28-23(33-27-16-8-7-13-22(27)34)15-14-21(24(29)31-17-19-9-3-1-4-10-19)26-25(30)32-18-20-11-5-2-6-12-20/h1-13,16,21H,14-15,17-18H2,(H,26,30). The number of benzene rings is 2. The van der Waals surface area contributed by atoms with E-state index in [-0.39, 0.29) is 26.1 Å².